The lowest BCUT2D eigenvalue weighted by Gasteiger charge is -2.13. The van der Waals surface area contributed by atoms with Gasteiger partial charge in [-0.05, 0) is 0 Å². The standard InChI is InChI=1S/C4H6N2O2/c1-6-3-5-8-2-4(6)7/h3H,2H2,1H3. The molecule has 44 valence electrons. The van der Waals surface area contributed by atoms with Gasteiger partial charge in [0, 0.05) is 7.05 Å². The maximum atomic E-state index is 10.5. The third kappa shape index (κ3) is 0.776. The fourth-order valence-corrected chi connectivity index (χ4v) is 0.363. The van der Waals surface area contributed by atoms with Crippen LogP contribution in [0.25, 0.3) is 0 Å². The minimum absolute atomic E-state index is 0.0625. The highest BCUT2D eigenvalue weighted by molar-refractivity contribution is 5.89. The Morgan fingerprint density at radius 1 is 2.00 bits per heavy atom. The predicted octanol–water partition coefficient (Wildman–Crippen LogP) is -0.582. The lowest BCUT2D eigenvalue weighted by molar-refractivity contribution is -0.132. The van der Waals surface area contributed by atoms with Gasteiger partial charge in [-0.2, -0.15) is 0 Å². The SMILES string of the molecule is CN1C=NOCC1=O. The number of hydrogen-bond donors (Lipinski definition) is 0. The summed E-state index contributed by atoms with van der Waals surface area (Å²) < 4.78 is 0. The van der Waals surface area contributed by atoms with E-state index in [4.69, 9.17) is 0 Å². The molecule has 0 bridgehead atoms. The molecule has 1 amide bonds. The molecule has 4 nitrogen and oxygen atoms in total. The smallest absolute Gasteiger partial charge is 0.268 e. The molecule has 0 aromatic carbocycles. The molecule has 8 heavy (non-hydrogen) atoms. The van der Waals surface area contributed by atoms with Gasteiger partial charge < -0.3 is 9.74 Å². The summed E-state index contributed by atoms with van der Waals surface area (Å²) >= 11 is 0. The third-order valence-corrected chi connectivity index (χ3v) is 0.876. The van der Waals surface area contributed by atoms with Gasteiger partial charge in [0.2, 0.25) is 0 Å². The summed E-state index contributed by atoms with van der Waals surface area (Å²) in [6.07, 6.45) is 1.34. The summed E-state index contributed by atoms with van der Waals surface area (Å²) in [7, 11) is 1.63. The minimum atomic E-state index is -0.0694. The van der Waals surface area contributed by atoms with E-state index in [1.54, 1.807) is 7.05 Å². The number of oxime groups is 1. The van der Waals surface area contributed by atoms with Gasteiger partial charge in [-0.1, -0.05) is 5.16 Å². The van der Waals surface area contributed by atoms with Crippen LogP contribution >= 0.6 is 0 Å². The molecule has 0 saturated carbocycles. The van der Waals surface area contributed by atoms with Crippen molar-refractivity contribution in [1.29, 1.82) is 0 Å². The van der Waals surface area contributed by atoms with Crippen molar-refractivity contribution in [2.45, 2.75) is 0 Å². The van der Waals surface area contributed by atoms with Gasteiger partial charge in [-0.15, -0.1) is 0 Å². The Bertz CT molecular complexity index is 132. The number of rotatable bonds is 0. The molecular formula is C4H6N2O2. The molecule has 0 aromatic heterocycles. The van der Waals surface area contributed by atoms with Gasteiger partial charge in [-0.3, -0.25) is 4.79 Å². The molecule has 0 fully saturated rings. The first kappa shape index (κ1) is 5.08. The second-order valence-electron chi connectivity index (χ2n) is 1.50. The summed E-state index contributed by atoms with van der Waals surface area (Å²) in [6, 6.07) is 0. The first-order valence-corrected chi connectivity index (χ1v) is 2.22. The fraction of sp³-hybridized carbons (Fsp3) is 0.500. The quantitative estimate of drug-likeness (QED) is 0.422. The molecule has 0 unspecified atom stereocenters. The van der Waals surface area contributed by atoms with Crippen molar-refractivity contribution < 1.29 is 9.63 Å². The van der Waals surface area contributed by atoms with Crippen molar-refractivity contribution in [2.75, 3.05) is 13.7 Å². The van der Waals surface area contributed by atoms with E-state index in [0.29, 0.717) is 0 Å². The first-order chi connectivity index (χ1) is 3.80. The summed E-state index contributed by atoms with van der Waals surface area (Å²) in [5, 5.41) is 3.39. The number of hydrogen-bond acceptors (Lipinski definition) is 3. The average Bonchev–Trinajstić information content (AvgIpc) is 1.77. The van der Waals surface area contributed by atoms with Crippen LogP contribution in [0.3, 0.4) is 0 Å². The van der Waals surface area contributed by atoms with Crippen LogP contribution in [0.15, 0.2) is 5.16 Å². The molecule has 1 heterocycles. The van der Waals surface area contributed by atoms with Gasteiger partial charge in [0.05, 0.1) is 0 Å². The monoisotopic (exact) mass is 114 g/mol. The minimum Gasteiger partial charge on any atom is -0.384 e. The van der Waals surface area contributed by atoms with Crippen LogP contribution in [-0.2, 0) is 9.63 Å². The van der Waals surface area contributed by atoms with E-state index >= 15 is 0 Å². The number of carbonyl (C=O) groups is 1. The Morgan fingerprint density at radius 3 is 3.12 bits per heavy atom. The molecule has 0 atom stereocenters. The van der Waals surface area contributed by atoms with Crippen molar-refractivity contribution in [2.24, 2.45) is 5.16 Å². The lowest BCUT2D eigenvalue weighted by Crippen LogP contribution is -2.31. The van der Waals surface area contributed by atoms with Crippen LogP contribution in [0.5, 0.6) is 0 Å². The average molecular weight is 114 g/mol. The molecule has 0 aromatic rings. The molecular weight excluding hydrogens is 108 g/mol. The number of amides is 1. The van der Waals surface area contributed by atoms with Gasteiger partial charge >= 0.3 is 0 Å². The maximum Gasteiger partial charge on any atom is 0.268 e. The first-order valence-electron chi connectivity index (χ1n) is 2.22. The molecule has 1 aliphatic heterocycles. The molecule has 0 radical (unpaired) electrons. The number of nitrogens with zero attached hydrogens (tertiary/aromatic N) is 2. The molecule has 1 rings (SSSR count). The van der Waals surface area contributed by atoms with Crippen LogP contribution in [-0.4, -0.2) is 30.8 Å². The van der Waals surface area contributed by atoms with Crippen LogP contribution in [0.2, 0.25) is 0 Å². The molecule has 0 aliphatic carbocycles. The zero-order chi connectivity index (χ0) is 5.98. The molecule has 1 aliphatic rings. The van der Waals surface area contributed by atoms with E-state index in [9.17, 15) is 4.79 Å². The van der Waals surface area contributed by atoms with E-state index in [1.165, 1.54) is 11.2 Å². The van der Waals surface area contributed by atoms with Crippen molar-refractivity contribution >= 4 is 12.2 Å². The highest BCUT2D eigenvalue weighted by atomic mass is 16.6. The van der Waals surface area contributed by atoms with E-state index in [0.717, 1.165) is 0 Å². The van der Waals surface area contributed by atoms with E-state index in [1.807, 2.05) is 0 Å². The van der Waals surface area contributed by atoms with Crippen LogP contribution in [0.1, 0.15) is 0 Å². The number of carbonyl (C=O) groups excluding carboxylic acids is 1. The lowest BCUT2D eigenvalue weighted by atomic mass is 10.6. The third-order valence-electron chi connectivity index (χ3n) is 0.876. The largest absolute Gasteiger partial charge is 0.384 e. The van der Waals surface area contributed by atoms with Crippen LogP contribution in [0, 0.1) is 0 Å². The van der Waals surface area contributed by atoms with Crippen molar-refractivity contribution in [1.82, 2.24) is 4.90 Å². The topological polar surface area (TPSA) is 41.9 Å². The zero-order valence-corrected chi connectivity index (χ0v) is 4.50. The van der Waals surface area contributed by atoms with Crippen molar-refractivity contribution in [3.8, 4) is 0 Å². The Hall–Kier alpha value is -1.06. The summed E-state index contributed by atoms with van der Waals surface area (Å²) in [4.78, 5) is 16.3. The van der Waals surface area contributed by atoms with Crippen molar-refractivity contribution in [3.63, 3.8) is 0 Å². The zero-order valence-electron chi connectivity index (χ0n) is 4.50. The Balaban J connectivity index is 2.60. The molecule has 4 heteroatoms. The highest BCUT2D eigenvalue weighted by Gasteiger charge is 2.09. The highest BCUT2D eigenvalue weighted by Crippen LogP contribution is 1.89. The maximum absolute atomic E-state index is 10.5. The van der Waals surface area contributed by atoms with Gasteiger partial charge in [-0.25, -0.2) is 0 Å². The number of likely N-dealkylation sites (N-methyl/N-ethyl adjacent to an activating group) is 1. The summed E-state index contributed by atoms with van der Waals surface area (Å²) in [6.45, 7) is 0.0625. The Kier molecular flexibility index (Phi) is 1.15. The van der Waals surface area contributed by atoms with Gasteiger partial charge in [0.15, 0.2) is 6.61 Å². The second-order valence-corrected chi connectivity index (χ2v) is 1.50. The fourth-order valence-electron chi connectivity index (χ4n) is 0.363. The van der Waals surface area contributed by atoms with E-state index in [2.05, 4.69) is 9.99 Å². The summed E-state index contributed by atoms with van der Waals surface area (Å²) in [5.74, 6) is -0.0694. The molecule has 0 N–H and O–H groups in total. The normalized spacial score (nSPS) is 18.6. The summed E-state index contributed by atoms with van der Waals surface area (Å²) in [5.41, 5.74) is 0. The Labute approximate surface area is 46.7 Å². The van der Waals surface area contributed by atoms with Crippen LogP contribution < -0.4 is 0 Å². The second kappa shape index (κ2) is 1.81. The molecule has 0 saturated heterocycles. The van der Waals surface area contributed by atoms with Gasteiger partial charge in [0.1, 0.15) is 6.34 Å². The van der Waals surface area contributed by atoms with Crippen LogP contribution in [0.4, 0.5) is 0 Å². The molecule has 0 spiro atoms. The van der Waals surface area contributed by atoms with E-state index < -0.39 is 0 Å². The van der Waals surface area contributed by atoms with E-state index in [-0.39, 0.29) is 12.5 Å². The predicted molar refractivity (Wildman–Crippen MR) is 27.2 cm³/mol. The Morgan fingerprint density at radius 2 is 2.75 bits per heavy atom. The van der Waals surface area contributed by atoms with Crippen molar-refractivity contribution in [3.05, 3.63) is 0 Å². The van der Waals surface area contributed by atoms with Gasteiger partial charge in [0.25, 0.3) is 5.91 Å².